The molecule has 4 rings (SSSR count). The third kappa shape index (κ3) is 4.15. The molecule has 3 N–H and O–H groups in total. The van der Waals surface area contributed by atoms with Crippen LogP contribution in [-0.4, -0.2) is 22.6 Å². The van der Waals surface area contributed by atoms with Crippen LogP contribution >= 0.6 is 23.2 Å². The van der Waals surface area contributed by atoms with E-state index >= 15 is 0 Å². The Morgan fingerprint density at radius 3 is 2.32 bits per heavy atom. The van der Waals surface area contributed by atoms with Crippen molar-refractivity contribution >= 4 is 46.4 Å². The SMILES string of the molecule is N#CCC(=O)N/N=C(\c1ccccc1)[C@@H](c1ccccc1)[C@@]1(O)C(=O)Nc2c(Cl)ccc(Cl)c21. The molecule has 0 bridgehead atoms. The first kappa shape index (κ1) is 23.5. The number of halogens is 2. The van der Waals surface area contributed by atoms with Gasteiger partial charge in [0, 0.05) is 10.6 Å². The maximum atomic E-state index is 13.4. The Morgan fingerprint density at radius 1 is 1.06 bits per heavy atom. The highest BCUT2D eigenvalue weighted by Gasteiger charge is 2.55. The number of hydrazone groups is 1. The lowest BCUT2D eigenvalue weighted by Crippen LogP contribution is -2.45. The molecule has 1 aliphatic rings. The van der Waals surface area contributed by atoms with Crippen LogP contribution in [0.25, 0.3) is 0 Å². The monoisotopic (exact) mass is 492 g/mol. The van der Waals surface area contributed by atoms with Gasteiger partial charge in [0.15, 0.2) is 5.60 Å². The minimum atomic E-state index is -2.21. The van der Waals surface area contributed by atoms with Crippen molar-refractivity contribution in [2.45, 2.75) is 17.9 Å². The topological polar surface area (TPSA) is 115 Å². The Kier molecular flexibility index (Phi) is 6.66. The summed E-state index contributed by atoms with van der Waals surface area (Å²) in [7, 11) is 0. The molecule has 0 saturated carbocycles. The second kappa shape index (κ2) is 9.65. The molecule has 34 heavy (non-hydrogen) atoms. The lowest BCUT2D eigenvalue weighted by atomic mass is 9.73. The summed E-state index contributed by atoms with van der Waals surface area (Å²) in [6.07, 6.45) is -0.406. The van der Waals surface area contributed by atoms with Crippen LogP contribution < -0.4 is 10.7 Å². The smallest absolute Gasteiger partial charge is 0.262 e. The average molecular weight is 493 g/mol. The summed E-state index contributed by atoms with van der Waals surface area (Å²) in [6, 6.07) is 22.4. The number of rotatable bonds is 6. The third-order valence-electron chi connectivity index (χ3n) is 5.50. The predicted molar refractivity (Wildman–Crippen MR) is 130 cm³/mol. The lowest BCUT2D eigenvalue weighted by Gasteiger charge is -2.33. The molecule has 9 heteroatoms. The van der Waals surface area contributed by atoms with E-state index < -0.39 is 29.8 Å². The lowest BCUT2D eigenvalue weighted by molar-refractivity contribution is -0.134. The first-order chi connectivity index (χ1) is 16.4. The Bertz CT molecular complexity index is 1320. The van der Waals surface area contributed by atoms with E-state index in [0.29, 0.717) is 11.1 Å². The fraction of sp³-hybridized carbons (Fsp3) is 0.120. The fourth-order valence-electron chi connectivity index (χ4n) is 4.03. The predicted octanol–water partition coefficient (Wildman–Crippen LogP) is 4.35. The van der Waals surface area contributed by atoms with Gasteiger partial charge in [0.1, 0.15) is 6.42 Å². The van der Waals surface area contributed by atoms with E-state index in [-0.39, 0.29) is 27.0 Å². The summed E-state index contributed by atoms with van der Waals surface area (Å²) >= 11 is 12.8. The van der Waals surface area contributed by atoms with Gasteiger partial charge in [-0.25, -0.2) is 5.43 Å². The normalized spacial score (nSPS) is 17.9. The van der Waals surface area contributed by atoms with E-state index in [1.54, 1.807) is 66.7 Å². The molecule has 1 aliphatic heterocycles. The zero-order chi connectivity index (χ0) is 24.3. The second-order valence-electron chi connectivity index (χ2n) is 7.58. The van der Waals surface area contributed by atoms with E-state index in [0.717, 1.165) is 0 Å². The number of nitrogens with one attached hydrogen (secondary N) is 2. The zero-order valence-corrected chi connectivity index (χ0v) is 19.1. The molecular weight excluding hydrogens is 475 g/mol. The molecule has 0 spiro atoms. The van der Waals surface area contributed by atoms with Gasteiger partial charge in [-0.15, -0.1) is 0 Å². The number of carbonyl (C=O) groups excluding carboxylic acids is 2. The van der Waals surface area contributed by atoms with Gasteiger partial charge in [0.2, 0.25) is 0 Å². The minimum absolute atomic E-state index is 0.118. The number of nitrogens with zero attached hydrogens (tertiary/aromatic N) is 2. The van der Waals surface area contributed by atoms with Crippen molar-refractivity contribution in [2.24, 2.45) is 5.10 Å². The largest absolute Gasteiger partial charge is 0.374 e. The molecule has 170 valence electrons. The van der Waals surface area contributed by atoms with Crippen molar-refractivity contribution < 1.29 is 14.7 Å². The summed E-state index contributed by atoms with van der Waals surface area (Å²) in [6.45, 7) is 0. The molecule has 3 aromatic rings. The summed E-state index contributed by atoms with van der Waals surface area (Å²) in [4.78, 5) is 25.5. The number of aliphatic hydroxyl groups is 1. The molecule has 0 unspecified atom stereocenters. The number of hydrogen-bond acceptors (Lipinski definition) is 5. The van der Waals surface area contributed by atoms with Gasteiger partial charge in [0.25, 0.3) is 11.8 Å². The summed E-state index contributed by atoms with van der Waals surface area (Å²) < 4.78 is 0. The molecular formula is C25H18Cl2N4O3. The van der Waals surface area contributed by atoms with Crippen LogP contribution in [0.1, 0.15) is 29.0 Å². The molecule has 1 heterocycles. The van der Waals surface area contributed by atoms with Gasteiger partial charge in [-0.3, -0.25) is 9.59 Å². The van der Waals surface area contributed by atoms with Crippen molar-refractivity contribution in [1.29, 1.82) is 5.26 Å². The summed E-state index contributed by atoms with van der Waals surface area (Å²) in [5.74, 6) is -2.47. The van der Waals surface area contributed by atoms with Crippen molar-refractivity contribution in [1.82, 2.24) is 5.43 Å². The number of hydrogen-bond donors (Lipinski definition) is 3. The van der Waals surface area contributed by atoms with Crippen molar-refractivity contribution in [2.75, 3.05) is 5.32 Å². The van der Waals surface area contributed by atoms with E-state index in [1.807, 2.05) is 0 Å². The molecule has 0 aromatic heterocycles. The Labute approximate surface area is 205 Å². The minimum Gasteiger partial charge on any atom is -0.374 e. The first-order valence-corrected chi connectivity index (χ1v) is 11.0. The van der Waals surface area contributed by atoms with Gasteiger partial charge in [-0.05, 0) is 23.3 Å². The molecule has 2 atom stereocenters. The van der Waals surface area contributed by atoms with Gasteiger partial charge in [-0.1, -0.05) is 83.9 Å². The van der Waals surface area contributed by atoms with Crippen molar-refractivity contribution in [3.63, 3.8) is 0 Å². The number of nitriles is 1. The van der Waals surface area contributed by atoms with Crippen molar-refractivity contribution in [3.05, 3.63) is 99.5 Å². The zero-order valence-electron chi connectivity index (χ0n) is 17.6. The van der Waals surface area contributed by atoms with Crippen LogP contribution in [0, 0.1) is 11.3 Å². The average Bonchev–Trinajstić information content (AvgIpc) is 3.12. The maximum absolute atomic E-state index is 13.4. The quantitative estimate of drug-likeness (QED) is 0.350. The Hall–Kier alpha value is -3.70. The van der Waals surface area contributed by atoms with Crippen LogP contribution in [0.3, 0.4) is 0 Å². The van der Waals surface area contributed by atoms with E-state index in [2.05, 4.69) is 15.8 Å². The highest BCUT2D eigenvalue weighted by molar-refractivity contribution is 6.38. The molecule has 3 aromatic carbocycles. The highest BCUT2D eigenvalue weighted by Crippen LogP contribution is 2.51. The van der Waals surface area contributed by atoms with Crippen LogP contribution in [0.15, 0.2) is 77.9 Å². The molecule has 0 aliphatic carbocycles. The van der Waals surface area contributed by atoms with Crippen LogP contribution in [-0.2, 0) is 15.2 Å². The van der Waals surface area contributed by atoms with Gasteiger partial charge in [0.05, 0.1) is 28.4 Å². The van der Waals surface area contributed by atoms with Gasteiger partial charge >= 0.3 is 0 Å². The first-order valence-electron chi connectivity index (χ1n) is 10.2. The van der Waals surface area contributed by atoms with E-state index in [4.69, 9.17) is 28.5 Å². The summed E-state index contributed by atoms with van der Waals surface area (Å²) in [5, 5.41) is 28.3. The molecule has 2 amide bonds. The van der Waals surface area contributed by atoms with Crippen LogP contribution in [0.4, 0.5) is 5.69 Å². The van der Waals surface area contributed by atoms with Gasteiger partial charge < -0.3 is 10.4 Å². The standard InChI is InChI=1S/C25H18Cl2N4O3/c26-17-11-12-18(27)23-21(17)25(34,24(33)29-23)20(15-7-3-1-4-8-15)22(16-9-5-2-6-10-16)31-30-19(32)13-14-28/h1-12,20,34H,13H2,(H,29,33)(H,30,32)/b31-22+/t20-,25+/m1/s1. The Morgan fingerprint density at radius 2 is 1.68 bits per heavy atom. The number of carbonyl (C=O) groups is 2. The van der Waals surface area contributed by atoms with Gasteiger partial charge in [-0.2, -0.15) is 10.4 Å². The highest BCUT2D eigenvalue weighted by atomic mass is 35.5. The molecule has 0 saturated heterocycles. The fourth-order valence-corrected chi connectivity index (χ4v) is 4.53. The number of fused-ring (bicyclic) bond motifs is 1. The second-order valence-corrected chi connectivity index (χ2v) is 8.39. The molecule has 7 nitrogen and oxygen atoms in total. The number of anilines is 1. The van der Waals surface area contributed by atoms with Crippen molar-refractivity contribution in [3.8, 4) is 6.07 Å². The third-order valence-corrected chi connectivity index (χ3v) is 6.13. The number of amides is 2. The van der Waals surface area contributed by atoms with Crippen LogP contribution in [0.2, 0.25) is 10.0 Å². The molecule has 0 fully saturated rings. The van der Waals surface area contributed by atoms with Crippen LogP contribution in [0.5, 0.6) is 0 Å². The number of benzene rings is 3. The Balaban J connectivity index is 2.00. The summed E-state index contributed by atoms with van der Waals surface area (Å²) in [5.41, 5.74) is 1.76. The maximum Gasteiger partial charge on any atom is 0.262 e. The van der Waals surface area contributed by atoms with E-state index in [9.17, 15) is 14.7 Å². The molecule has 0 radical (unpaired) electrons. The van der Waals surface area contributed by atoms with E-state index in [1.165, 1.54) is 12.1 Å².